The van der Waals surface area contributed by atoms with Gasteiger partial charge in [-0.3, -0.25) is 4.79 Å². The van der Waals surface area contributed by atoms with Gasteiger partial charge in [0, 0.05) is 18.7 Å². The first kappa shape index (κ1) is 14.0. The minimum Gasteiger partial charge on any atom is -0.316 e. The zero-order chi connectivity index (χ0) is 11.5. The van der Waals surface area contributed by atoms with Crippen LogP contribution in [0, 0.1) is 11.8 Å². The Morgan fingerprint density at radius 2 is 1.94 bits per heavy atom. The highest BCUT2D eigenvalue weighted by molar-refractivity contribution is 5.94. The summed E-state index contributed by atoms with van der Waals surface area (Å²) in [7, 11) is 1.85. The summed E-state index contributed by atoms with van der Waals surface area (Å²) in [5.74, 6) is 0.808. The predicted molar refractivity (Wildman–Crippen MR) is 72.6 cm³/mol. The molecular formula is C13H19ClN2O. The summed E-state index contributed by atoms with van der Waals surface area (Å²) in [6, 6.07) is 9.79. The molecule has 1 heterocycles. The van der Waals surface area contributed by atoms with Crippen molar-refractivity contribution in [3.8, 4) is 0 Å². The smallest absolute Gasteiger partial charge is 0.229 e. The summed E-state index contributed by atoms with van der Waals surface area (Å²) < 4.78 is 0. The Hall–Kier alpha value is -1.06. The predicted octanol–water partition coefficient (Wildman–Crippen LogP) is 1.93. The quantitative estimate of drug-likeness (QED) is 0.894. The molecule has 17 heavy (non-hydrogen) atoms. The molecule has 1 aliphatic rings. The van der Waals surface area contributed by atoms with Crippen molar-refractivity contribution in [2.75, 3.05) is 25.0 Å². The SMILES string of the molecule is CC(C(=O)N(C)c1ccccc1)C1CNC1.Cl. The molecule has 4 heteroatoms. The van der Waals surface area contributed by atoms with Gasteiger partial charge < -0.3 is 10.2 Å². The van der Waals surface area contributed by atoms with E-state index in [-0.39, 0.29) is 24.2 Å². The first-order chi connectivity index (χ1) is 7.70. The van der Waals surface area contributed by atoms with Crippen LogP contribution in [-0.4, -0.2) is 26.0 Å². The van der Waals surface area contributed by atoms with Gasteiger partial charge in [-0.15, -0.1) is 12.4 Å². The van der Waals surface area contributed by atoms with Crippen molar-refractivity contribution in [3.63, 3.8) is 0 Å². The highest BCUT2D eigenvalue weighted by atomic mass is 35.5. The summed E-state index contributed by atoms with van der Waals surface area (Å²) in [6.45, 7) is 3.96. The lowest BCUT2D eigenvalue weighted by molar-refractivity contribution is -0.123. The van der Waals surface area contributed by atoms with Gasteiger partial charge in [0.25, 0.3) is 0 Å². The van der Waals surface area contributed by atoms with E-state index in [1.165, 1.54) is 0 Å². The number of anilines is 1. The third-order valence-electron chi connectivity index (χ3n) is 3.38. The number of nitrogens with zero attached hydrogens (tertiary/aromatic N) is 1. The van der Waals surface area contributed by atoms with Gasteiger partial charge in [0.2, 0.25) is 5.91 Å². The number of amides is 1. The third kappa shape index (κ3) is 2.99. The molecule has 1 saturated heterocycles. The van der Waals surface area contributed by atoms with Crippen molar-refractivity contribution >= 4 is 24.0 Å². The lowest BCUT2D eigenvalue weighted by Crippen LogP contribution is -2.50. The van der Waals surface area contributed by atoms with Crippen LogP contribution in [-0.2, 0) is 4.79 Å². The van der Waals surface area contributed by atoms with Crippen LogP contribution in [0.5, 0.6) is 0 Å². The lowest BCUT2D eigenvalue weighted by Gasteiger charge is -2.33. The molecule has 1 amide bonds. The average Bonchev–Trinajstić information content (AvgIpc) is 2.26. The maximum Gasteiger partial charge on any atom is 0.229 e. The zero-order valence-corrected chi connectivity index (χ0v) is 11.0. The topological polar surface area (TPSA) is 32.3 Å². The molecule has 0 aromatic heterocycles. The van der Waals surface area contributed by atoms with Crippen LogP contribution in [0.15, 0.2) is 30.3 Å². The van der Waals surface area contributed by atoms with E-state index in [0.29, 0.717) is 5.92 Å². The Labute approximate surface area is 109 Å². The number of nitrogens with one attached hydrogen (secondary N) is 1. The lowest BCUT2D eigenvalue weighted by atomic mass is 9.88. The van der Waals surface area contributed by atoms with Crippen LogP contribution in [0.25, 0.3) is 0 Å². The average molecular weight is 255 g/mol. The molecule has 3 nitrogen and oxygen atoms in total. The number of rotatable bonds is 3. The molecule has 1 atom stereocenters. The standard InChI is InChI=1S/C13H18N2O.ClH/c1-10(11-8-14-9-11)13(16)15(2)12-6-4-3-5-7-12;/h3-7,10-11,14H,8-9H2,1-2H3;1H. The molecular weight excluding hydrogens is 236 g/mol. The fourth-order valence-electron chi connectivity index (χ4n) is 1.95. The van der Waals surface area contributed by atoms with Gasteiger partial charge in [-0.05, 0) is 31.1 Å². The van der Waals surface area contributed by atoms with Crippen LogP contribution < -0.4 is 10.2 Å². The van der Waals surface area contributed by atoms with Crippen molar-refractivity contribution in [1.82, 2.24) is 5.32 Å². The monoisotopic (exact) mass is 254 g/mol. The molecule has 0 spiro atoms. The molecule has 94 valence electrons. The van der Waals surface area contributed by atoms with Crippen LogP contribution >= 0.6 is 12.4 Å². The minimum atomic E-state index is 0. The Bertz CT molecular complexity index is 365. The van der Waals surface area contributed by atoms with Crippen molar-refractivity contribution in [2.24, 2.45) is 11.8 Å². The molecule has 0 radical (unpaired) electrons. The molecule has 1 aromatic rings. The number of benzene rings is 1. The second kappa shape index (κ2) is 6.03. The molecule has 1 fully saturated rings. The molecule has 1 N–H and O–H groups in total. The second-order valence-electron chi connectivity index (χ2n) is 4.44. The normalized spacial score (nSPS) is 16.6. The van der Waals surface area contributed by atoms with Crippen molar-refractivity contribution < 1.29 is 4.79 Å². The van der Waals surface area contributed by atoms with Crippen LogP contribution in [0.2, 0.25) is 0 Å². The Morgan fingerprint density at radius 3 is 2.41 bits per heavy atom. The Kier molecular flexibility index (Phi) is 4.97. The van der Waals surface area contributed by atoms with Gasteiger partial charge in [-0.1, -0.05) is 25.1 Å². The summed E-state index contributed by atoms with van der Waals surface area (Å²) in [5, 5.41) is 3.20. The molecule has 0 bridgehead atoms. The molecule has 1 aromatic carbocycles. The van der Waals surface area contributed by atoms with Crippen LogP contribution in [0.3, 0.4) is 0 Å². The first-order valence-corrected chi connectivity index (χ1v) is 5.73. The van der Waals surface area contributed by atoms with Gasteiger partial charge in [-0.2, -0.15) is 0 Å². The van der Waals surface area contributed by atoms with E-state index in [1.807, 2.05) is 44.3 Å². The van der Waals surface area contributed by atoms with Gasteiger partial charge in [0.1, 0.15) is 0 Å². The van der Waals surface area contributed by atoms with Gasteiger partial charge >= 0.3 is 0 Å². The highest BCUT2D eigenvalue weighted by Gasteiger charge is 2.30. The van der Waals surface area contributed by atoms with E-state index in [1.54, 1.807) is 4.90 Å². The molecule has 2 rings (SSSR count). The number of carbonyl (C=O) groups is 1. The molecule has 1 unspecified atom stereocenters. The van der Waals surface area contributed by atoms with Crippen molar-refractivity contribution in [3.05, 3.63) is 30.3 Å². The fourth-order valence-corrected chi connectivity index (χ4v) is 1.95. The summed E-state index contributed by atoms with van der Waals surface area (Å²) in [4.78, 5) is 13.9. The van der Waals surface area contributed by atoms with Crippen LogP contribution in [0.1, 0.15) is 6.92 Å². The molecule has 1 aliphatic heterocycles. The largest absolute Gasteiger partial charge is 0.316 e. The summed E-state index contributed by atoms with van der Waals surface area (Å²) in [5.41, 5.74) is 0.964. The minimum absolute atomic E-state index is 0. The fraction of sp³-hybridized carbons (Fsp3) is 0.462. The van der Waals surface area contributed by atoms with E-state index in [2.05, 4.69) is 5.32 Å². The van der Waals surface area contributed by atoms with E-state index >= 15 is 0 Å². The zero-order valence-electron chi connectivity index (χ0n) is 10.2. The maximum atomic E-state index is 12.2. The van der Waals surface area contributed by atoms with E-state index in [0.717, 1.165) is 18.8 Å². The molecule has 0 aliphatic carbocycles. The van der Waals surface area contributed by atoms with Crippen molar-refractivity contribution in [2.45, 2.75) is 6.92 Å². The number of halogens is 1. The molecule has 0 saturated carbocycles. The van der Waals surface area contributed by atoms with Gasteiger partial charge in [0.05, 0.1) is 0 Å². The Morgan fingerprint density at radius 1 is 1.35 bits per heavy atom. The van der Waals surface area contributed by atoms with E-state index in [4.69, 9.17) is 0 Å². The third-order valence-corrected chi connectivity index (χ3v) is 3.38. The van der Waals surface area contributed by atoms with E-state index < -0.39 is 0 Å². The number of carbonyl (C=O) groups excluding carboxylic acids is 1. The van der Waals surface area contributed by atoms with Crippen LogP contribution in [0.4, 0.5) is 5.69 Å². The van der Waals surface area contributed by atoms with E-state index in [9.17, 15) is 4.79 Å². The Balaban J connectivity index is 0.00000144. The number of hydrogen-bond donors (Lipinski definition) is 1. The van der Waals surface area contributed by atoms with Crippen molar-refractivity contribution in [1.29, 1.82) is 0 Å². The second-order valence-corrected chi connectivity index (χ2v) is 4.44. The highest BCUT2D eigenvalue weighted by Crippen LogP contribution is 2.21. The first-order valence-electron chi connectivity index (χ1n) is 5.73. The maximum absolute atomic E-state index is 12.2. The number of hydrogen-bond acceptors (Lipinski definition) is 2. The summed E-state index contributed by atoms with van der Waals surface area (Å²) >= 11 is 0. The van der Waals surface area contributed by atoms with Gasteiger partial charge in [-0.25, -0.2) is 0 Å². The number of para-hydroxylation sites is 1. The summed E-state index contributed by atoms with van der Waals surface area (Å²) in [6.07, 6.45) is 0. The van der Waals surface area contributed by atoms with Gasteiger partial charge in [0.15, 0.2) is 0 Å².